The van der Waals surface area contributed by atoms with Gasteiger partial charge in [0.05, 0.1) is 18.3 Å². The summed E-state index contributed by atoms with van der Waals surface area (Å²) in [6, 6.07) is 4.85. The Morgan fingerprint density at radius 1 is 1.22 bits per heavy atom. The van der Waals surface area contributed by atoms with E-state index in [-0.39, 0.29) is 23.8 Å². The van der Waals surface area contributed by atoms with E-state index in [0.29, 0.717) is 11.0 Å². The molecule has 2 rings (SSSR count). The number of rotatable bonds is 6. The first-order chi connectivity index (χ1) is 12.5. The molecule has 1 heterocycles. The van der Waals surface area contributed by atoms with E-state index in [2.05, 4.69) is 5.32 Å². The predicted octanol–water partition coefficient (Wildman–Crippen LogP) is 2.54. The molecule has 0 spiro atoms. The molecule has 27 heavy (non-hydrogen) atoms. The second-order valence-corrected chi connectivity index (χ2v) is 7.45. The average molecular weight is 375 g/mol. The van der Waals surface area contributed by atoms with Gasteiger partial charge in [0, 0.05) is 19.0 Å². The molecule has 8 heteroatoms. The fraction of sp³-hybridized carbons (Fsp3) is 0.474. The Labute approximate surface area is 159 Å². The normalized spacial score (nSPS) is 18.3. The molecule has 0 radical (unpaired) electrons. The zero-order chi connectivity index (χ0) is 20.4. The lowest BCUT2D eigenvalue weighted by Crippen LogP contribution is -2.41. The van der Waals surface area contributed by atoms with Gasteiger partial charge in [0.15, 0.2) is 0 Å². The summed E-state index contributed by atoms with van der Waals surface area (Å²) in [6.07, 6.45) is 1.74. The molecule has 1 saturated heterocycles. The maximum atomic E-state index is 11.5. The molecule has 0 atom stereocenters. The van der Waals surface area contributed by atoms with Gasteiger partial charge >= 0.3 is 13.1 Å². The lowest BCUT2D eigenvalue weighted by Gasteiger charge is -2.32. The molecule has 0 aliphatic carbocycles. The minimum atomic E-state index is -1.08. The van der Waals surface area contributed by atoms with Crippen molar-refractivity contribution in [2.75, 3.05) is 13.7 Å². The molecule has 146 valence electrons. The Bertz CT molecular complexity index is 755. The molecule has 1 aliphatic heterocycles. The summed E-state index contributed by atoms with van der Waals surface area (Å²) in [6.45, 7) is 9.38. The van der Waals surface area contributed by atoms with Gasteiger partial charge in [0.2, 0.25) is 5.91 Å². The largest absolute Gasteiger partial charge is 0.495 e. The van der Waals surface area contributed by atoms with Crippen molar-refractivity contribution < 1.29 is 28.7 Å². The number of carboxylic acids is 1. The number of hydrogen-bond acceptors (Lipinski definition) is 5. The molecule has 7 nitrogen and oxygen atoms in total. The lowest BCUT2D eigenvalue weighted by molar-refractivity contribution is -0.118. The summed E-state index contributed by atoms with van der Waals surface area (Å²) < 4.78 is 17.5. The van der Waals surface area contributed by atoms with Gasteiger partial charge < -0.3 is 24.5 Å². The van der Waals surface area contributed by atoms with Crippen molar-refractivity contribution in [2.45, 2.75) is 45.8 Å². The van der Waals surface area contributed by atoms with Gasteiger partial charge in [0.1, 0.15) is 11.3 Å². The van der Waals surface area contributed by atoms with E-state index in [9.17, 15) is 14.7 Å². The van der Waals surface area contributed by atoms with Crippen LogP contribution in [0, 0.1) is 0 Å². The molecule has 0 unspecified atom stereocenters. The van der Waals surface area contributed by atoms with E-state index >= 15 is 0 Å². The number of hydrogen-bond donors (Lipinski definition) is 2. The predicted molar refractivity (Wildman–Crippen MR) is 103 cm³/mol. The Balaban J connectivity index is 2.48. The number of para-hydroxylation sites is 1. The van der Waals surface area contributed by atoms with E-state index < -0.39 is 24.3 Å². The van der Waals surface area contributed by atoms with Crippen molar-refractivity contribution >= 4 is 25.1 Å². The van der Waals surface area contributed by atoms with Crippen LogP contribution in [0.25, 0.3) is 6.08 Å². The molecule has 1 aliphatic rings. The van der Waals surface area contributed by atoms with Gasteiger partial charge in [-0.3, -0.25) is 4.79 Å². The van der Waals surface area contributed by atoms with Crippen molar-refractivity contribution in [3.05, 3.63) is 34.8 Å². The highest BCUT2D eigenvalue weighted by Crippen LogP contribution is 2.39. The van der Waals surface area contributed by atoms with Crippen LogP contribution in [0.1, 0.15) is 50.5 Å². The SMILES string of the molecule is COc1c(C=C(CNC(C)=O)B2OC(C)(C)C(C)(C)O2)cccc1C(=O)O. The van der Waals surface area contributed by atoms with Crippen LogP contribution in [0.2, 0.25) is 0 Å². The molecule has 1 fully saturated rings. The summed E-state index contributed by atoms with van der Waals surface area (Å²) in [4.78, 5) is 22.9. The maximum Gasteiger partial charge on any atom is 0.492 e. The third kappa shape index (κ3) is 4.51. The summed E-state index contributed by atoms with van der Waals surface area (Å²) in [5, 5.41) is 12.1. The van der Waals surface area contributed by atoms with Crippen LogP contribution in [0.3, 0.4) is 0 Å². The minimum Gasteiger partial charge on any atom is -0.495 e. The zero-order valence-electron chi connectivity index (χ0n) is 16.6. The maximum absolute atomic E-state index is 11.5. The van der Waals surface area contributed by atoms with Crippen molar-refractivity contribution in [2.24, 2.45) is 0 Å². The van der Waals surface area contributed by atoms with Crippen molar-refractivity contribution in [1.29, 1.82) is 0 Å². The highest BCUT2D eigenvalue weighted by atomic mass is 16.7. The topological polar surface area (TPSA) is 94.1 Å². The van der Waals surface area contributed by atoms with E-state index in [1.54, 1.807) is 18.2 Å². The average Bonchev–Trinajstić information content (AvgIpc) is 2.78. The summed E-state index contributed by atoms with van der Waals surface area (Å²) in [7, 11) is 0.738. The van der Waals surface area contributed by atoms with Gasteiger partial charge in [-0.05, 0) is 39.2 Å². The number of carbonyl (C=O) groups excluding carboxylic acids is 1. The monoisotopic (exact) mass is 375 g/mol. The van der Waals surface area contributed by atoms with E-state index in [0.717, 1.165) is 0 Å². The van der Waals surface area contributed by atoms with Crippen LogP contribution in [0.5, 0.6) is 5.75 Å². The fourth-order valence-electron chi connectivity index (χ4n) is 2.69. The van der Waals surface area contributed by atoms with E-state index in [1.165, 1.54) is 20.1 Å². The Hall–Kier alpha value is -2.32. The third-order valence-corrected chi connectivity index (χ3v) is 4.92. The second-order valence-electron chi connectivity index (χ2n) is 7.45. The van der Waals surface area contributed by atoms with Gasteiger partial charge in [-0.15, -0.1) is 0 Å². The zero-order valence-corrected chi connectivity index (χ0v) is 16.6. The summed E-state index contributed by atoms with van der Waals surface area (Å²) in [5.74, 6) is -1.04. The van der Waals surface area contributed by atoms with Crippen LogP contribution in [0.15, 0.2) is 23.7 Å². The molecular weight excluding hydrogens is 349 g/mol. The third-order valence-electron chi connectivity index (χ3n) is 4.92. The Kier molecular flexibility index (Phi) is 6.02. The number of benzene rings is 1. The first kappa shape index (κ1) is 21.0. The van der Waals surface area contributed by atoms with Gasteiger partial charge in [-0.25, -0.2) is 4.79 Å². The van der Waals surface area contributed by atoms with E-state index in [4.69, 9.17) is 14.0 Å². The van der Waals surface area contributed by atoms with Gasteiger partial charge in [-0.1, -0.05) is 18.2 Å². The standard InChI is InChI=1S/C19H26BNO6/c1-12(22)21-11-14(20-26-18(2,3)19(4,5)27-20)10-13-8-7-9-15(17(23)24)16(13)25-6/h7-10H,11H2,1-6H3,(H,21,22)(H,23,24). The van der Waals surface area contributed by atoms with Crippen LogP contribution in [0.4, 0.5) is 0 Å². The Morgan fingerprint density at radius 3 is 2.30 bits per heavy atom. The van der Waals surface area contributed by atoms with Crippen LogP contribution in [-0.4, -0.2) is 49.0 Å². The van der Waals surface area contributed by atoms with Crippen LogP contribution < -0.4 is 10.1 Å². The van der Waals surface area contributed by atoms with Crippen molar-refractivity contribution in [3.8, 4) is 5.75 Å². The summed E-state index contributed by atoms with van der Waals surface area (Å²) in [5.41, 5.74) is 0.191. The number of carbonyl (C=O) groups is 2. The molecule has 0 bridgehead atoms. The van der Waals surface area contributed by atoms with Crippen molar-refractivity contribution in [1.82, 2.24) is 5.32 Å². The smallest absolute Gasteiger partial charge is 0.492 e. The molecule has 2 N–H and O–H groups in total. The molecule has 0 saturated carbocycles. The quantitative estimate of drug-likeness (QED) is 0.743. The second kappa shape index (κ2) is 7.74. The lowest BCUT2D eigenvalue weighted by atomic mass is 9.76. The number of methoxy groups -OCH3 is 1. The molecule has 0 aromatic heterocycles. The number of amides is 1. The molecule has 1 aromatic carbocycles. The summed E-state index contributed by atoms with van der Waals surface area (Å²) >= 11 is 0. The highest BCUT2D eigenvalue weighted by Gasteiger charge is 2.52. The van der Waals surface area contributed by atoms with Crippen LogP contribution >= 0.6 is 0 Å². The van der Waals surface area contributed by atoms with Crippen LogP contribution in [-0.2, 0) is 14.1 Å². The fourth-order valence-corrected chi connectivity index (χ4v) is 2.69. The molecule has 1 amide bonds. The molecular formula is C19H26BNO6. The molecule has 1 aromatic rings. The minimum absolute atomic E-state index is 0.0547. The number of nitrogens with one attached hydrogen (secondary N) is 1. The highest BCUT2D eigenvalue weighted by molar-refractivity contribution is 6.56. The number of carboxylic acid groups (broad SMARTS) is 1. The van der Waals surface area contributed by atoms with E-state index in [1.807, 2.05) is 27.7 Å². The first-order valence-corrected chi connectivity index (χ1v) is 8.69. The van der Waals surface area contributed by atoms with Gasteiger partial charge in [0.25, 0.3) is 0 Å². The number of aromatic carboxylic acids is 1. The Morgan fingerprint density at radius 2 is 1.81 bits per heavy atom. The first-order valence-electron chi connectivity index (χ1n) is 8.69. The van der Waals surface area contributed by atoms with Crippen molar-refractivity contribution in [3.63, 3.8) is 0 Å². The number of ether oxygens (including phenoxy) is 1. The van der Waals surface area contributed by atoms with Gasteiger partial charge in [-0.2, -0.15) is 0 Å².